The SMILES string of the molecule is CCOC(=O)Cn1c(C)c(C)c(Sc2ccc(Cl)cc2)c1C. The van der Waals surface area contributed by atoms with Crippen LogP contribution in [0.4, 0.5) is 0 Å². The summed E-state index contributed by atoms with van der Waals surface area (Å²) in [5.41, 5.74) is 3.38. The van der Waals surface area contributed by atoms with Crippen LogP contribution in [-0.2, 0) is 16.1 Å². The largest absolute Gasteiger partial charge is 0.465 e. The van der Waals surface area contributed by atoms with Gasteiger partial charge in [-0.2, -0.15) is 0 Å². The predicted molar refractivity (Wildman–Crippen MR) is 90.9 cm³/mol. The van der Waals surface area contributed by atoms with E-state index in [1.54, 1.807) is 11.8 Å². The van der Waals surface area contributed by atoms with E-state index in [0.29, 0.717) is 6.61 Å². The van der Waals surface area contributed by atoms with E-state index in [1.807, 2.05) is 49.6 Å². The minimum absolute atomic E-state index is 0.202. The first-order chi connectivity index (χ1) is 10.4. The van der Waals surface area contributed by atoms with E-state index in [1.165, 1.54) is 10.5 Å². The Kier molecular flexibility index (Phi) is 5.59. The zero-order valence-electron chi connectivity index (χ0n) is 13.3. The normalized spacial score (nSPS) is 10.8. The van der Waals surface area contributed by atoms with Crippen LogP contribution in [0.15, 0.2) is 34.1 Å². The lowest BCUT2D eigenvalue weighted by molar-refractivity contribution is -0.143. The van der Waals surface area contributed by atoms with Crippen LogP contribution in [0.2, 0.25) is 5.02 Å². The smallest absolute Gasteiger partial charge is 0.325 e. The molecule has 0 aliphatic heterocycles. The molecule has 0 saturated heterocycles. The van der Waals surface area contributed by atoms with Crippen LogP contribution in [-0.4, -0.2) is 17.1 Å². The number of carbonyl (C=O) groups is 1. The van der Waals surface area contributed by atoms with Gasteiger partial charge in [0.15, 0.2) is 0 Å². The van der Waals surface area contributed by atoms with Crippen LogP contribution in [0.5, 0.6) is 0 Å². The lowest BCUT2D eigenvalue weighted by Gasteiger charge is -2.09. The van der Waals surface area contributed by atoms with Crippen LogP contribution < -0.4 is 0 Å². The van der Waals surface area contributed by atoms with Gasteiger partial charge in [0.2, 0.25) is 0 Å². The van der Waals surface area contributed by atoms with Gasteiger partial charge in [0, 0.05) is 26.2 Å². The molecule has 1 aromatic carbocycles. The van der Waals surface area contributed by atoms with E-state index in [2.05, 4.69) is 6.92 Å². The molecule has 3 nitrogen and oxygen atoms in total. The molecule has 0 aliphatic rings. The molecule has 0 spiro atoms. The van der Waals surface area contributed by atoms with Gasteiger partial charge in [-0.05, 0) is 57.5 Å². The molecule has 0 saturated carbocycles. The van der Waals surface area contributed by atoms with Crippen molar-refractivity contribution in [3.8, 4) is 0 Å². The molecule has 1 aromatic heterocycles. The Bertz CT molecular complexity index is 677. The highest BCUT2D eigenvalue weighted by Gasteiger charge is 2.17. The molecule has 0 N–H and O–H groups in total. The Morgan fingerprint density at radius 2 is 1.82 bits per heavy atom. The third-order valence-corrected chi connectivity index (χ3v) is 5.21. The number of esters is 1. The monoisotopic (exact) mass is 337 g/mol. The third-order valence-electron chi connectivity index (χ3n) is 3.65. The third kappa shape index (κ3) is 3.68. The highest BCUT2D eigenvalue weighted by Crippen LogP contribution is 2.36. The molecule has 0 bridgehead atoms. The first-order valence-electron chi connectivity index (χ1n) is 7.19. The van der Waals surface area contributed by atoms with Crippen molar-refractivity contribution in [3.63, 3.8) is 0 Å². The van der Waals surface area contributed by atoms with Crippen molar-refractivity contribution in [1.82, 2.24) is 4.57 Å². The lowest BCUT2D eigenvalue weighted by atomic mass is 10.3. The van der Waals surface area contributed by atoms with Gasteiger partial charge in [-0.25, -0.2) is 0 Å². The maximum atomic E-state index is 11.8. The van der Waals surface area contributed by atoms with Crippen molar-refractivity contribution < 1.29 is 9.53 Å². The van der Waals surface area contributed by atoms with E-state index in [0.717, 1.165) is 21.3 Å². The summed E-state index contributed by atoms with van der Waals surface area (Å²) < 4.78 is 7.07. The summed E-state index contributed by atoms with van der Waals surface area (Å²) in [5.74, 6) is -0.202. The van der Waals surface area contributed by atoms with Crippen LogP contribution in [0.3, 0.4) is 0 Å². The van der Waals surface area contributed by atoms with Crippen LogP contribution >= 0.6 is 23.4 Å². The molecule has 0 atom stereocenters. The standard InChI is InChI=1S/C17H20ClNO2S/c1-5-21-16(20)10-19-12(3)11(2)17(13(19)4)22-15-8-6-14(18)7-9-15/h6-9H,5,10H2,1-4H3. The number of ether oxygens (including phenoxy) is 1. The fourth-order valence-electron chi connectivity index (χ4n) is 2.36. The second kappa shape index (κ2) is 7.25. The lowest BCUT2D eigenvalue weighted by Crippen LogP contribution is -2.15. The molecule has 118 valence electrons. The second-order valence-electron chi connectivity index (χ2n) is 5.07. The predicted octanol–water partition coefficient (Wildman–Crippen LogP) is 4.78. The molecule has 2 rings (SSSR count). The maximum absolute atomic E-state index is 11.8. The van der Waals surface area contributed by atoms with Gasteiger partial charge < -0.3 is 9.30 Å². The van der Waals surface area contributed by atoms with Crippen molar-refractivity contribution in [2.75, 3.05) is 6.61 Å². The summed E-state index contributed by atoms with van der Waals surface area (Å²) in [7, 11) is 0. The van der Waals surface area contributed by atoms with E-state index in [4.69, 9.17) is 16.3 Å². The first-order valence-corrected chi connectivity index (χ1v) is 8.38. The van der Waals surface area contributed by atoms with Crippen molar-refractivity contribution in [2.45, 2.75) is 44.0 Å². The summed E-state index contributed by atoms with van der Waals surface area (Å²) in [6.45, 7) is 8.64. The average Bonchev–Trinajstić information content (AvgIpc) is 2.67. The number of rotatable bonds is 5. The van der Waals surface area contributed by atoms with E-state index < -0.39 is 0 Å². The van der Waals surface area contributed by atoms with Gasteiger partial charge in [0.1, 0.15) is 6.54 Å². The minimum atomic E-state index is -0.202. The summed E-state index contributed by atoms with van der Waals surface area (Å²) in [6.07, 6.45) is 0. The molecule has 0 fully saturated rings. The zero-order valence-corrected chi connectivity index (χ0v) is 14.8. The highest BCUT2D eigenvalue weighted by molar-refractivity contribution is 7.99. The fraction of sp³-hybridized carbons (Fsp3) is 0.353. The van der Waals surface area contributed by atoms with Crippen molar-refractivity contribution >= 4 is 29.3 Å². The first kappa shape index (κ1) is 17.0. The van der Waals surface area contributed by atoms with E-state index in [-0.39, 0.29) is 12.5 Å². The maximum Gasteiger partial charge on any atom is 0.325 e. The van der Waals surface area contributed by atoms with E-state index in [9.17, 15) is 4.79 Å². The van der Waals surface area contributed by atoms with Crippen molar-refractivity contribution in [1.29, 1.82) is 0 Å². The molecule has 22 heavy (non-hydrogen) atoms. The number of carbonyl (C=O) groups excluding carboxylic acids is 1. The number of hydrogen-bond donors (Lipinski definition) is 0. The van der Waals surface area contributed by atoms with Gasteiger partial charge in [0.25, 0.3) is 0 Å². The van der Waals surface area contributed by atoms with Crippen molar-refractivity contribution in [2.24, 2.45) is 0 Å². The summed E-state index contributed by atoms with van der Waals surface area (Å²) in [5, 5.41) is 0.730. The van der Waals surface area contributed by atoms with Gasteiger partial charge in [-0.3, -0.25) is 4.79 Å². The molecule has 0 unspecified atom stereocenters. The Morgan fingerprint density at radius 3 is 2.41 bits per heavy atom. The van der Waals surface area contributed by atoms with Gasteiger partial charge in [-0.1, -0.05) is 23.4 Å². The minimum Gasteiger partial charge on any atom is -0.465 e. The molecule has 0 amide bonds. The summed E-state index contributed by atoms with van der Waals surface area (Å²) in [4.78, 5) is 14.1. The van der Waals surface area contributed by atoms with Crippen molar-refractivity contribution in [3.05, 3.63) is 46.2 Å². The Morgan fingerprint density at radius 1 is 1.18 bits per heavy atom. The average molecular weight is 338 g/mol. The molecule has 0 aliphatic carbocycles. The number of benzene rings is 1. The Labute approximate surface area is 140 Å². The van der Waals surface area contributed by atoms with Crippen LogP contribution in [0, 0.1) is 20.8 Å². The Balaban J connectivity index is 2.29. The van der Waals surface area contributed by atoms with E-state index >= 15 is 0 Å². The molecule has 1 heterocycles. The van der Waals surface area contributed by atoms with Gasteiger partial charge in [-0.15, -0.1) is 0 Å². The van der Waals surface area contributed by atoms with Crippen LogP contribution in [0.1, 0.15) is 23.9 Å². The molecule has 2 aromatic rings. The number of hydrogen-bond acceptors (Lipinski definition) is 3. The molecular weight excluding hydrogens is 318 g/mol. The van der Waals surface area contributed by atoms with Crippen LogP contribution in [0.25, 0.3) is 0 Å². The topological polar surface area (TPSA) is 31.2 Å². The molecule has 0 radical (unpaired) electrons. The number of nitrogens with zero attached hydrogens (tertiary/aromatic N) is 1. The quantitative estimate of drug-likeness (QED) is 0.736. The summed E-state index contributed by atoms with van der Waals surface area (Å²) >= 11 is 7.62. The van der Waals surface area contributed by atoms with Gasteiger partial charge in [0.05, 0.1) is 6.61 Å². The second-order valence-corrected chi connectivity index (χ2v) is 6.59. The Hall–Kier alpha value is -1.39. The zero-order chi connectivity index (χ0) is 16.3. The number of halogens is 1. The van der Waals surface area contributed by atoms with Gasteiger partial charge >= 0.3 is 5.97 Å². The molecule has 5 heteroatoms. The highest BCUT2D eigenvalue weighted by atomic mass is 35.5. The molecular formula is C17H20ClNO2S. The number of aromatic nitrogens is 1. The fourth-order valence-corrected chi connectivity index (χ4v) is 3.55. The summed E-state index contributed by atoms with van der Waals surface area (Å²) in [6, 6.07) is 7.78.